The number of hydrazone groups is 1. The molecule has 3 aromatic carbocycles. The van der Waals surface area contributed by atoms with Crippen LogP contribution in [0.3, 0.4) is 0 Å². The molecule has 0 aliphatic rings. The van der Waals surface area contributed by atoms with Gasteiger partial charge in [0.15, 0.2) is 17.2 Å². The molecule has 0 saturated carbocycles. The molecule has 13 heteroatoms. The van der Waals surface area contributed by atoms with Gasteiger partial charge >= 0.3 is 0 Å². The fourth-order valence-corrected chi connectivity index (χ4v) is 4.58. The summed E-state index contributed by atoms with van der Waals surface area (Å²) in [7, 11) is 0. The van der Waals surface area contributed by atoms with Gasteiger partial charge in [-0.1, -0.05) is 65.4 Å². The molecule has 5 aromatic rings. The Kier molecular flexibility index (Phi) is 8.34. The second-order valence-electron chi connectivity index (χ2n) is 8.78. The molecule has 0 radical (unpaired) electrons. The lowest BCUT2D eigenvalue weighted by Crippen LogP contribution is -2.22. The number of nitrogen functional groups attached to an aromatic ring is 1. The third-order valence-corrected chi connectivity index (χ3v) is 6.39. The van der Waals surface area contributed by atoms with E-state index >= 15 is 0 Å². The normalized spacial score (nSPS) is 11.1. The average Bonchev–Trinajstić information content (AvgIpc) is 3.59. The predicted octanol–water partition coefficient (Wildman–Crippen LogP) is 4.71. The van der Waals surface area contributed by atoms with Crippen molar-refractivity contribution >= 4 is 33.9 Å². The van der Waals surface area contributed by atoms with Crippen LogP contribution in [0, 0.1) is 6.92 Å². The van der Waals surface area contributed by atoms with Crippen molar-refractivity contribution in [3.63, 3.8) is 0 Å². The maximum atomic E-state index is 13.4. The molecule has 0 saturated heterocycles. The summed E-state index contributed by atoms with van der Waals surface area (Å²) >= 11 is 3.57. The smallest absolute Gasteiger partial charge is 0.292 e. The van der Waals surface area contributed by atoms with Crippen molar-refractivity contribution in [2.45, 2.75) is 20.5 Å². The number of aromatic nitrogens is 5. The summed E-state index contributed by atoms with van der Waals surface area (Å²) in [6, 6.07) is 20.8. The minimum Gasteiger partial charge on any atom is -0.490 e. The van der Waals surface area contributed by atoms with Gasteiger partial charge in [0.1, 0.15) is 12.3 Å². The molecule has 0 aliphatic carbocycles. The number of anilines is 1. The van der Waals surface area contributed by atoms with Gasteiger partial charge in [0.2, 0.25) is 11.6 Å². The summed E-state index contributed by atoms with van der Waals surface area (Å²) < 4.78 is 18.4. The van der Waals surface area contributed by atoms with E-state index in [0.717, 1.165) is 15.8 Å². The first-order valence-corrected chi connectivity index (χ1v) is 13.3. The minimum atomic E-state index is -0.602. The maximum absolute atomic E-state index is 13.4. The zero-order chi connectivity index (χ0) is 28.8. The van der Waals surface area contributed by atoms with Crippen LogP contribution in [0.2, 0.25) is 0 Å². The molecule has 12 nitrogen and oxygen atoms in total. The lowest BCUT2D eigenvalue weighted by Gasteiger charge is -2.15. The van der Waals surface area contributed by atoms with E-state index in [1.54, 1.807) is 18.2 Å². The molecule has 0 aliphatic heterocycles. The molecule has 0 spiro atoms. The number of carbonyl (C=O) groups excluding carboxylic acids is 1. The summed E-state index contributed by atoms with van der Waals surface area (Å²) in [4.78, 5) is 13.4. The quantitative estimate of drug-likeness (QED) is 0.167. The third-order valence-electron chi connectivity index (χ3n) is 5.81. The predicted molar refractivity (Wildman–Crippen MR) is 155 cm³/mol. The van der Waals surface area contributed by atoms with Crippen molar-refractivity contribution in [3.05, 3.63) is 93.6 Å². The SMILES string of the molecule is CCOc1cc(/C=N/NC(=O)c2c(-c3ccccc3)nnn2-c2nonc2N)cc(Br)c1OCc1cccc(C)c1. The van der Waals surface area contributed by atoms with Crippen molar-refractivity contribution in [1.29, 1.82) is 0 Å². The number of ether oxygens (including phenoxy) is 2. The standard InChI is InChI=1S/C28H25BrN8O4/c1-3-39-22-14-19(13-21(29)25(22)40-16-18-9-7-8-17(2)12-18)15-31-33-28(38)24-23(20-10-5-4-6-11-20)32-36-37(24)27-26(30)34-41-35-27/h4-15H,3,16H2,1-2H3,(H2,30,34)(H,33,38)/b31-15+. The van der Waals surface area contributed by atoms with Crippen molar-refractivity contribution in [2.75, 3.05) is 12.3 Å². The molecule has 0 unspecified atom stereocenters. The Morgan fingerprint density at radius 3 is 2.68 bits per heavy atom. The van der Waals surface area contributed by atoms with E-state index in [2.05, 4.69) is 57.8 Å². The van der Waals surface area contributed by atoms with Crippen LogP contribution in [0.1, 0.15) is 34.1 Å². The van der Waals surface area contributed by atoms with Crippen molar-refractivity contribution in [3.8, 4) is 28.6 Å². The molecule has 3 N–H and O–H groups in total. The average molecular weight is 617 g/mol. The van der Waals surface area contributed by atoms with Crippen LogP contribution in [-0.2, 0) is 6.61 Å². The number of amides is 1. The van der Waals surface area contributed by atoms with Crippen LogP contribution in [0.15, 0.2) is 80.9 Å². The van der Waals surface area contributed by atoms with Crippen molar-refractivity contribution in [1.82, 2.24) is 30.7 Å². The molecular formula is C28H25BrN8O4. The van der Waals surface area contributed by atoms with Gasteiger partial charge in [0, 0.05) is 5.56 Å². The summed E-state index contributed by atoms with van der Waals surface area (Å²) in [6.07, 6.45) is 1.48. The maximum Gasteiger partial charge on any atom is 0.292 e. The van der Waals surface area contributed by atoms with Crippen LogP contribution in [0.5, 0.6) is 11.5 Å². The molecular weight excluding hydrogens is 592 g/mol. The topological polar surface area (TPSA) is 156 Å². The molecule has 0 atom stereocenters. The largest absolute Gasteiger partial charge is 0.490 e. The van der Waals surface area contributed by atoms with Crippen LogP contribution < -0.4 is 20.6 Å². The molecule has 5 rings (SSSR count). The molecule has 2 heterocycles. The van der Waals surface area contributed by atoms with Crippen LogP contribution in [-0.4, -0.2) is 44.0 Å². The molecule has 1 amide bonds. The second kappa shape index (κ2) is 12.4. The highest BCUT2D eigenvalue weighted by Gasteiger charge is 2.26. The molecule has 208 valence electrons. The number of nitrogens with two attached hydrogens (primary N) is 1. The molecule has 0 fully saturated rings. The van der Waals surface area contributed by atoms with Gasteiger partial charge in [-0.25, -0.2) is 10.1 Å². The highest BCUT2D eigenvalue weighted by atomic mass is 79.9. The van der Waals surface area contributed by atoms with Crippen LogP contribution >= 0.6 is 15.9 Å². The number of rotatable bonds is 10. The minimum absolute atomic E-state index is 0.0281. The van der Waals surface area contributed by atoms with Gasteiger partial charge in [-0.15, -0.1) is 5.10 Å². The Morgan fingerprint density at radius 2 is 1.95 bits per heavy atom. The number of hydrogen-bond acceptors (Lipinski definition) is 10. The Labute approximate surface area is 243 Å². The first kappa shape index (κ1) is 27.5. The van der Waals surface area contributed by atoms with Crippen molar-refractivity contribution in [2.24, 2.45) is 5.10 Å². The highest BCUT2D eigenvalue weighted by Crippen LogP contribution is 2.37. The summed E-state index contributed by atoms with van der Waals surface area (Å²) in [5.41, 5.74) is 12.2. The van der Waals surface area contributed by atoms with E-state index < -0.39 is 5.91 Å². The summed E-state index contributed by atoms with van der Waals surface area (Å²) in [5.74, 6) is 0.473. The lowest BCUT2D eigenvalue weighted by atomic mass is 10.1. The Morgan fingerprint density at radius 1 is 1.12 bits per heavy atom. The second-order valence-corrected chi connectivity index (χ2v) is 9.63. The summed E-state index contributed by atoms with van der Waals surface area (Å²) in [6.45, 7) is 4.73. The van der Waals surface area contributed by atoms with Gasteiger partial charge < -0.3 is 15.2 Å². The lowest BCUT2D eigenvalue weighted by molar-refractivity contribution is 0.0947. The number of nitrogens with zero attached hydrogens (tertiary/aromatic N) is 6. The van der Waals surface area contributed by atoms with Gasteiger partial charge in [0.25, 0.3) is 5.91 Å². The molecule has 2 aromatic heterocycles. The summed E-state index contributed by atoms with van der Waals surface area (Å²) in [5, 5.41) is 19.7. The molecule has 0 bridgehead atoms. The zero-order valence-corrected chi connectivity index (χ0v) is 23.7. The number of hydrogen-bond donors (Lipinski definition) is 2. The zero-order valence-electron chi connectivity index (χ0n) is 22.1. The Bertz CT molecular complexity index is 1700. The fourth-order valence-electron chi connectivity index (χ4n) is 4.00. The van der Waals surface area contributed by atoms with E-state index in [1.807, 2.05) is 56.3 Å². The van der Waals surface area contributed by atoms with Crippen LogP contribution in [0.4, 0.5) is 5.82 Å². The number of aryl methyl sites for hydroxylation is 1. The number of halogens is 1. The highest BCUT2D eigenvalue weighted by molar-refractivity contribution is 9.10. The fraction of sp³-hybridized carbons (Fsp3) is 0.143. The first-order chi connectivity index (χ1) is 19.9. The van der Waals surface area contributed by atoms with E-state index in [0.29, 0.717) is 46.0 Å². The van der Waals surface area contributed by atoms with Gasteiger partial charge in [0.05, 0.1) is 17.3 Å². The monoisotopic (exact) mass is 616 g/mol. The van der Waals surface area contributed by atoms with Gasteiger partial charge in [-0.05, 0) is 63.4 Å². The number of nitrogens with one attached hydrogen (secondary N) is 1. The third kappa shape index (κ3) is 6.25. The van der Waals surface area contributed by atoms with Gasteiger partial charge in [-0.3, -0.25) is 4.79 Å². The number of carbonyl (C=O) groups is 1. The van der Waals surface area contributed by atoms with E-state index in [-0.39, 0.29) is 17.3 Å². The molecule has 41 heavy (non-hydrogen) atoms. The van der Waals surface area contributed by atoms with Crippen LogP contribution in [0.25, 0.3) is 17.1 Å². The van der Waals surface area contributed by atoms with E-state index in [4.69, 9.17) is 15.2 Å². The van der Waals surface area contributed by atoms with E-state index in [9.17, 15) is 4.79 Å². The van der Waals surface area contributed by atoms with Gasteiger partial charge in [-0.2, -0.15) is 9.78 Å². The first-order valence-electron chi connectivity index (χ1n) is 12.5. The number of benzene rings is 3. The van der Waals surface area contributed by atoms with Crippen molar-refractivity contribution < 1.29 is 18.9 Å². The Balaban J connectivity index is 1.38. The Hall–Kier alpha value is -5.04. The van der Waals surface area contributed by atoms with E-state index in [1.165, 1.54) is 6.21 Å².